The van der Waals surface area contributed by atoms with E-state index in [2.05, 4.69) is 19.7 Å². The lowest BCUT2D eigenvalue weighted by Crippen LogP contribution is -2.47. The van der Waals surface area contributed by atoms with Gasteiger partial charge in [-0.25, -0.2) is 14.4 Å². The maximum Gasteiger partial charge on any atom is 0.333 e. The fourth-order valence-corrected chi connectivity index (χ4v) is 3.67. The number of esters is 6. The standard InChI is InChI=1S/C32H46O13/c1-21(2)30(36)39-16-10-7-13-26(33)43-24-19-29(45-28(35)15-9-12-18-41-32(38)23(5)6)42-20-25(24)44-27(34)14-8-11-17-40-31(37)22(3)4/h24-25,29H,1,3,5,7-20H2,2,4,6H3/t24-,25+,29-/m0/s1. The van der Waals surface area contributed by atoms with Crippen LogP contribution < -0.4 is 0 Å². The predicted molar refractivity (Wildman–Crippen MR) is 159 cm³/mol. The number of carbonyl (C=O) groups is 6. The van der Waals surface area contributed by atoms with Crippen LogP contribution in [0.2, 0.25) is 0 Å². The van der Waals surface area contributed by atoms with Crippen LogP contribution in [0.25, 0.3) is 0 Å². The molecule has 1 fully saturated rings. The number of unbranched alkanes of at least 4 members (excludes halogenated alkanes) is 3. The van der Waals surface area contributed by atoms with Crippen LogP contribution >= 0.6 is 0 Å². The SMILES string of the molecule is C=C(C)C(=O)OCCCCC(=O)O[C@H]1C[C@H](OC(=O)CCCCOC(=O)C(=C)C)[C@H](OC(=O)CCCCOC(=O)C(=C)C)CO1. The van der Waals surface area contributed by atoms with Gasteiger partial charge in [0, 0.05) is 36.0 Å². The lowest BCUT2D eigenvalue weighted by Gasteiger charge is -2.34. The fraction of sp³-hybridized carbons (Fsp3) is 0.625. The summed E-state index contributed by atoms with van der Waals surface area (Å²) in [6, 6.07) is 0. The summed E-state index contributed by atoms with van der Waals surface area (Å²) in [5, 5.41) is 0. The number of hydrogen-bond donors (Lipinski definition) is 0. The number of hydrogen-bond acceptors (Lipinski definition) is 13. The first-order valence-corrected chi connectivity index (χ1v) is 15.0. The van der Waals surface area contributed by atoms with E-state index in [1.165, 1.54) is 20.8 Å². The zero-order valence-electron chi connectivity index (χ0n) is 26.6. The predicted octanol–water partition coefficient (Wildman–Crippen LogP) is 3.97. The van der Waals surface area contributed by atoms with E-state index in [0.717, 1.165) is 0 Å². The van der Waals surface area contributed by atoms with E-state index in [4.69, 9.17) is 33.2 Å². The largest absolute Gasteiger partial charge is 0.462 e. The minimum atomic E-state index is -1.03. The molecule has 0 amide bonds. The summed E-state index contributed by atoms with van der Waals surface area (Å²) >= 11 is 0. The van der Waals surface area contributed by atoms with E-state index in [9.17, 15) is 28.8 Å². The van der Waals surface area contributed by atoms with Crippen LogP contribution in [0.5, 0.6) is 0 Å². The highest BCUT2D eigenvalue weighted by molar-refractivity contribution is 5.87. The summed E-state index contributed by atoms with van der Waals surface area (Å²) in [5.41, 5.74) is 0.845. The molecule has 1 aliphatic heterocycles. The van der Waals surface area contributed by atoms with Gasteiger partial charge in [-0.2, -0.15) is 0 Å². The zero-order valence-corrected chi connectivity index (χ0v) is 26.6. The number of carbonyl (C=O) groups excluding carboxylic acids is 6. The highest BCUT2D eigenvalue weighted by Gasteiger charge is 2.38. The fourth-order valence-electron chi connectivity index (χ4n) is 3.67. The van der Waals surface area contributed by atoms with Crippen molar-refractivity contribution < 1.29 is 61.9 Å². The molecule has 1 aliphatic rings. The molecule has 0 unspecified atom stereocenters. The van der Waals surface area contributed by atoms with Crippen LogP contribution in [0.4, 0.5) is 0 Å². The molecule has 0 saturated carbocycles. The Hall–Kier alpha value is -4.00. The van der Waals surface area contributed by atoms with Crippen molar-refractivity contribution in [1.29, 1.82) is 0 Å². The van der Waals surface area contributed by atoms with Crippen molar-refractivity contribution in [3.05, 3.63) is 36.5 Å². The van der Waals surface area contributed by atoms with Gasteiger partial charge in [0.15, 0.2) is 6.10 Å². The monoisotopic (exact) mass is 638 g/mol. The molecule has 13 nitrogen and oxygen atoms in total. The molecule has 0 aliphatic carbocycles. The van der Waals surface area contributed by atoms with Gasteiger partial charge in [-0.15, -0.1) is 0 Å². The third-order valence-electron chi connectivity index (χ3n) is 6.18. The summed E-state index contributed by atoms with van der Waals surface area (Å²) in [5.74, 6) is -3.19. The zero-order chi connectivity index (χ0) is 33.8. The number of ether oxygens (including phenoxy) is 7. The first kappa shape index (κ1) is 39.0. The van der Waals surface area contributed by atoms with Crippen LogP contribution in [0.15, 0.2) is 36.5 Å². The molecule has 1 saturated heterocycles. The second kappa shape index (κ2) is 21.7. The lowest BCUT2D eigenvalue weighted by atomic mass is 10.1. The van der Waals surface area contributed by atoms with Gasteiger partial charge in [0.1, 0.15) is 6.10 Å². The molecule has 13 heteroatoms. The minimum absolute atomic E-state index is 0.0198. The molecule has 0 spiro atoms. The van der Waals surface area contributed by atoms with Gasteiger partial charge < -0.3 is 33.2 Å². The van der Waals surface area contributed by atoms with Gasteiger partial charge in [-0.3, -0.25) is 14.4 Å². The van der Waals surface area contributed by atoms with Gasteiger partial charge >= 0.3 is 35.8 Å². The van der Waals surface area contributed by atoms with Crippen molar-refractivity contribution >= 4 is 35.8 Å². The smallest absolute Gasteiger partial charge is 0.333 e. The second-order valence-electron chi connectivity index (χ2n) is 10.7. The van der Waals surface area contributed by atoms with Crippen molar-refractivity contribution in [1.82, 2.24) is 0 Å². The molecule has 3 atom stereocenters. The van der Waals surface area contributed by atoms with Crippen molar-refractivity contribution in [2.24, 2.45) is 0 Å². The maximum absolute atomic E-state index is 12.6. The Morgan fingerprint density at radius 3 is 1.29 bits per heavy atom. The Bertz CT molecular complexity index is 1080. The van der Waals surface area contributed by atoms with Crippen molar-refractivity contribution in [3.63, 3.8) is 0 Å². The summed E-state index contributed by atoms with van der Waals surface area (Å²) in [7, 11) is 0. The average molecular weight is 639 g/mol. The van der Waals surface area contributed by atoms with Crippen LogP contribution in [-0.2, 0) is 61.9 Å². The first-order valence-electron chi connectivity index (χ1n) is 15.0. The van der Waals surface area contributed by atoms with Crippen LogP contribution in [0, 0.1) is 0 Å². The quantitative estimate of drug-likeness (QED) is 0.0767. The van der Waals surface area contributed by atoms with Crippen LogP contribution in [0.3, 0.4) is 0 Å². The Kier molecular flexibility index (Phi) is 18.8. The molecule has 0 N–H and O–H groups in total. The normalized spacial score (nSPS) is 17.3. The van der Waals surface area contributed by atoms with E-state index in [1.54, 1.807) is 0 Å². The minimum Gasteiger partial charge on any atom is -0.462 e. The van der Waals surface area contributed by atoms with Crippen molar-refractivity contribution in [2.75, 3.05) is 26.4 Å². The summed E-state index contributed by atoms with van der Waals surface area (Å²) in [6.45, 7) is 15.3. The first-order chi connectivity index (χ1) is 21.3. The molecule has 0 aromatic rings. The molecule has 1 rings (SSSR count). The molecule has 1 heterocycles. The lowest BCUT2D eigenvalue weighted by molar-refractivity contribution is -0.230. The second-order valence-corrected chi connectivity index (χ2v) is 10.7. The summed E-state index contributed by atoms with van der Waals surface area (Å²) < 4.78 is 37.1. The highest BCUT2D eigenvalue weighted by atomic mass is 16.7. The average Bonchev–Trinajstić information content (AvgIpc) is 2.97. The number of rotatable bonds is 21. The van der Waals surface area contributed by atoms with Gasteiger partial charge in [0.25, 0.3) is 0 Å². The van der Waals surface area contributed by atoms with Crippen LogP contribution in [-0.4, -0.2) is 80.7 Å². The van der Waals surface area contributed by atoms with E-state index in [0.29, 0.717) is 38.5 Å². The Labute approximate surface area is 264 Å². The third-order valence-corrected chi connectivity index (χ3v) is 6.18. The molecule has 252 valence electrons. The molecule has 0 radical (unpaired) electrons. The highest BCUT2D eigenvalue weighted by Crippen LogP contribution is 2.23. The molecule has 45 heavy (non-hydrogen) atoms. The molecule has 0 aromatic heterocycles. The molecule has 0 bridgehead atoms. The van der Waals surface area contributed by atoms with Gasteiger partial charge in [0.05, 0.1) is 32.8 Å². The molecular formula is C32H46O13. The third kappa shape index (κ3) is 17.8. The van der Waals surface area contributed by atoms with E-state index < -0.39 is 54.3 Å². The van der Waals surface area contributed by atoms with Gasteiger partial charge in [-0.1, -0.05) is 19.7 Å². The molecular weight excluding hydrogens is 592 g/mol. The van der Waals surface area contributed by atoms with Crippen molar-refractivity contribution in [3.8, 4) is 0 Å². The van der Waals surface area contributed by atoms with Crippen molar-refractivity contribution in [2.45, 2.75) is 103 Å². The topological polar surface area (TPSA) is 167 Å². The van der Waals surface area contributed by atoms with E-state index in [1.807, 2.05) is 0 Å². The Morgan fingerprint density at radius 2 is 0.911 bits per heavy atom. The van der Waals surface area contributed by atoms with E-state index >= 15 is 0 Å². The Balaban J connectivity index is 2.60. The summed E-state index contributed by atoms with van der Waals surface area (Å²) in [6.07, 6.45) is -0.378. The van der Waals surface area contributed by atoms with Crippen LogP contribution in [0.1, 0.15) is 85.0 Å². The van der Waals surface area contributed by atoms with E-state index in [-0.39, 0.29) is 68.8 Å². The van der Waals surface area contributed by atoms with Gasteiger partial charge in [-0.05, 0) is 59.3 Å². The maximum atomic E-state index is 12.6. The Morgan fingerprint density at radius 1 is 0.556 bits per heavy atom. The van der Waals surface area contributed by atoms with Gasteiger partial charge in [0.2, 0.25) is 6.29 Å². The summed E-state index contributed by atoms with van der Waals surface area (Å²) in [4.78, 5) is 71.8. The molecule has 0 aromatic carbocycles.